The van der Waals surface area contributed by atoms with Crippen LogP contribution in [0.4, 0.5) is 0 Å². The highest BCUT2D eigenvalue weighted by molar-refractivity contribution is 5.94. The van der Waals surface area contributed by atoms with Gasteiger partial charge in [0.25, 0.3) is 5.91 Å². The standard InChI is InChI=1S/C13H20N2O3/c1-17-9-12(18-2)8-15-13(16)11-5-3-10(7-14)4-6-11/h3-6,12H,7-9,14H2,1-2H3,(H,15,16). The van der Waals surface area contributed by atoms with E-state index in [1.54, 1.807) is 26.4 Å². The van der Waals surface area contributed by atoms with Gasteiger partial charge in [-0.2, -0.15) is 0 Å². The van der Waals surface area contributed by atoms with E-state index >= 15 is 0 Å². The van der Waals surface area contributed by atoms with E-state index < -0.39 is 0 Å². The molecule has 0 saturated carbocycles. The topological polar surface area (TPSA) is 73.6 Å². The van der Waals surface area contributed by atoms with E-state index in [0.29, 0.717) is 25.3 Å². The van der Waals surface area contributed by atoms with Crippen molar-refractivity contribution in [3.8, 4) is 0 Å². The van der Waals surface area contributed by atoms with Gasteiger partial charge in [-0.1, -0.05) is 12.1 Å². The molecular weight excluding hydrogens is 232 g/mol. The molecule has 1 aromatic carbocycles. The number of amides is 1. The fraction of sp³-hybridized carbons (Fsp3) is 0.462. The van der Waals surface area contributed by atoms with Crippen molar-refractivity contribution in [2.75, 3.05) is 27.4 Å². The molecule has 1 amide bonds. The molecule has 0 radical (unpaired) electrons. The highest BCUT2D eigenvalue weighted by Crippen LogP contribution is 2.03. The molecular formula is C13H20N2O3. The van der Waals surface area contributed by atoms with Crippen molar-refractivity contribution in [1.82, 2.24) is 5.32 Å². The molecule has 0 aliphatic heterocycles. The number of methoxy groups -OCH3 is 2. The summed E-state index contributed by atoms with van der Waals surface area (Å²) in [6, 6.07) is 7.21. The van der Waals surface area contributed by atoms with Gasteiger partial charge < -0.3 is 20.5 Å². The van der Waals surface area contributed by atoms with Crippen LogP contribution in [0.3, 0.4) is 0 Å². The highest BCUT2D eigenvalue weighted by Gasteiger charge is 2.10. The van der Waals surface area contributed by atoms with E-state index in [-0.39, 0.29) is 12.0 Å². The molecule has 0 saturated heterocycles. The molecule has 0 heterocycles. The van der Waals surface area contributed by atoms with Crippen LogP contribution in [-0.4, -0.2) is 39.4 Å². The smallest absolute Gasteiger partial charge is 0.251 e. The van der Waals surface area contributed by atoms with Crippen molar-refractivity contribution in [1.29, 1.82) is 0 Å². The van der Waals surface area contributed by atoms with Crippen LogP contribution in [0.5, 0.6) is 0 Å². The van der Waals surface area contributed by atoms with Crippen LogP contribution in [0.15, 0.2) is 24.3 Å². The van der Waals surface area contributed by atoms with E-state index in [4.69, 9.17) is 15.2 Å². The van der Waals surface area contributed by atoms with Gasteiger partial charge in [-0.25, -0.2) is 0 Å². The Morgan fingerprint density at radius 1 is 1.33 bits per heavy atom. The third-order valence-electron chi connectivity index (χ3n) is 2.63. The van der Waals surface area contributed by atoms with Crippen LogP contribution in [0.2, 0.25) is 0 Å². The van der Waals surface area contributed by atoms with Crippen LogP contribution < -0.4 is 11.1 Å². The van der Waals surface area contributed by atoms with Crippen molar-refractivity contribution in [2.24, 2.45) is 5.73 Å². The Morgan fingerprint density at radius 3 is 2.50 bits per heavy atom. The Kier molecular flexibility index (Phi) is 6.35. The minimum atomic E-state index is -0.137. The molecule has 5 heteroatoms. The summed E-state index contributed by atoms with van der Waals surface area (Å²) in [6.45, 7) is 1.34. The van der Waals surface area contributed by atoms with Gasteiger partial charge in [-0.05, 0) is 17.7 Å². The highest BCUT2D eigenvalue weighted by atomic mass is 16.5. The first-order valence-corrected chi connectivity index (χ1v) is 5.80. The molecule has 0 aliphatic carbocycles. The van der Waals surface area contributed by atoms with E-state index in [1.165, 1.54) is 0 Å². The maximum absolute atomic E-state index is 11.8. The van der Waals surface area contributed by atoms with Gasteiger partial charge >= 0.3 is 0 Å². The Hall–Kier alpha value is -1.43. The zero-order valence-corrected chi connectivity index (χ0v) is 10.8. The maximum atomic E-state index is 11.8. The number of carbonyl (C=O) groups excluding carboxylic acids is 1. The fourth-order valence-electron chi connectivity index (χ4n) is 1.50. The van der Waals surface area contributed by atoms with E-state index in [1.807, 2.05) is 12.1 Å². The number of carbonyl (C=O) groups is 1. The molecule has 1 aromatic rings. The predicted molar refractivity (Wildman–Crippen MR) is 69.3 cm³/mol. The zero-order valence-electron chi connectivity index (χ0n) is 10.8. The van der Waals surface area contributed by atoms with E-state index in [9.17, 15) is 4.79 Å². The molecule has 0 aliphatic rings. The number of hydrogen-bond acceptors (Lipinski definition) is 4. The van der Waals surface area contributed by atoms with Gasteiger partial charge in [0.15, 0.2) is 0 Å². The molecule has 0 fully saturated rings. The van der Waals surface area contributed by atoms with Gasteiger partial charge in [0, 0.05) is 32.9 Å². The molecule has 0 spiro atoms. The molecule has 3 N–H and O–H groups in total. The SMILES string of the molecule is COCC(CNC(=O)c1ccc(CN)cc1)OC. The van der Waals surface area contributed by atoms with Gasteiger partial charge in [-0.3, -0.25) is 4.79 Å². The van der Waals surface area contributed by atoms with Crippen molar-refractivity contribution < 1.29 is 14.3 Å². The van der Waals surface area contributed by atoms with Crippen molar-refractivity contribution in [3.63, 3.8) is 0 Å². The first kappa shape index (κ1) is 14.6. The molecule has 1 unspecified atom stereocenters. The summed E-state index contributed by atoms with van der Waals surface area (Å²) in [4.78, 5) is 11.8. The lowest BCUT2D eigenvalue weighted by atomic mass is 10.1. The van der Waals surface area contributed by atoms with Gasteiger partial charge in [0.1, 0.15) is 0 Å². The molecule has 5 nitrogen and oxygen atoms in total. The summed E-state index contributed by atoms with van der Waals surface area (Å²) in [7, 11) is 3.19. The normalized spacial score (nSPS) is 12.2. The summed E-state index contributed by atoms with van der Waals surface area (Å²) >= 11 is 0. The Bertz CT molecular complexity index is 365. The van der Waals surface area contributed by atoms with Crippen molar-refractivity contribution in [2.45, 2.75) is 12.6 Å². The molecule has 100 valence electrons. The van der Waals surface area contributed by atoms with Crippen LogP contribution >= 0.6 is 0 Å². The Labute approximate surface area is 107 Å². The first-order valence-electron chi connectivity index (χ1n) is 5.80. The molecule has 1 rings (SSSR count). The molecule has 0 bridgehead atoms. The van der Waals surface area contributed by atoms with Crippen LogP contribution in [0, 0.1) is 0 Å². The second-order valence-corrected chi connectivity index (χ2v) is 3.92. The second-order valence-electron chi connectivity index (χ2n) is 3.92. The average Bonchev–Trinajstić information content (AvgIpc) is 2.43. The number of nitrogens with two attached hydrogens (primary N) is 1. The minimum absolute atomic E-state index is 0.128. The summed E-state index contributed by atoms with van der Waals surface area (Å²) < 4.78 is 10.1. The predicted octanol–water partition coefficient (Wildman–Crippen LogP) is 0.537. The summed E-state index contributed by atoms with van der Waals surface area (Å²) in [5.74, 6) is -0.128. The van der Waals surface area contributed by atoms with Crippen LogP contribution in [-0.2, 0) is 16.0 Å². The monoisotopic (exact) mass is 252 g/mol. The van der Waals surface area contributed by atoms with Crippen molar-refractivity contribution >= 4 is 5.91 Å². The third kappa shape index (κ3) is 4.44. The lowest BCUT2D eigenvalue weighted by molar-refractivity contribution is 0.0285. The van der Waals surface area contributed by atoms with Crippen LogP contribution in [0.25, 0.3) is 0 Å². The van der Waals surface area contributed by atoms with E-state index in [2.05, 4.69) is 5.32 Å². The number of hydrogen-bond donors (Lipinski definition) is 2. The number of ether oxygens (including phenoxy) is 2. The van der Waals surface area contributed by atoms with Crippen LogP contribution in [0.1, 0.15) is 15.9 Å². The third-order valence-corrected chi connectivity index (χ3v) is 2.63. The summed E-state index contributed by atoms with van der Waals surface area (Å²) in [5, 5.41) is 2.80. The fourth-order valence-corrected chi connectivity index (χ4v) is 1.50. The summed E-state index contributed by atoms with van der Waals surface area (Å²) in [5.41, 5.74) is 7.11. The lowest BCUT2D eigenvalue weighted by Gasteiger charge is -2.15. The molecule has 18 heavy (non-hydrogen) atoms. The summed E-state index contributed by atoms with van der Waals surface area (Å²) in [6.07, 6.45) is -0.137. The average molecular weight is 252 g/mol. The quantitative estimate of drug-likeness (QED) is 0.742. The zero-order chi connectivity index (χ0) is 13.4. The van der Waals surface area contributed by atoms with Gasteiger partial charge in [0.05, 0.1) is 12.7 Å². The minimum Gasteiger partial charge on any atom is -0.382 e. The lowest BCUT2D eigenvalue weighted by Crippen LogP contribution is -2.35. The number of nitrogens with one attached hydrogen (secondary N) is 1. The molecule has 1 atom stereocenters. The number of rotatable bonds is 7. The largest absolute Gasteiger partial charge is 0.382 e. The maximum Gasteiger partial charge on any atom is 0.251 e. The van der Waals surface area contributed by atoms with Crippen molar-refractivity contribution in [3.05, 3.63) is 35.4 Å². The Balaban J connectivity index is 2.48. The van der Waals surface area contributed by atoms with Gasteiger partial charge in [-0.15, -0.1) is 0 Å². The Morgan fingerprint density at radius 2 is 2.00 bits per heavy atom. The van der Waals surface area contributed by atoms with Gasteiger partial charge in [0.2, 0.25) is 0 Å². The van der Waals surface area contributed by atoms with E-state index in [0.717, 1.165) is 5.56 Å². The number of benzene rings is 1. The molecule has 0 aromatic heterocycles. The second kappa shape index (κ2) is 7.81. The first-order chi connectivity index (χ1) is 8.71.